The summed E-state index contributed by atoms with van der Waals surface area (Å²) < 4.78 is 16.7. The van der Waals surface area contributed by atoms with Crippen LogP contribution in [0.1, 0.15) is 33.1 Å². The average molecular weight is 236 g/mol. The van der Waals surface area contributed by atoms with Crippen molar-refractivity contribution in [2.75, 3.05) is 19.0 Å². The molecule has 90 valence electrons. The maximum Gasteiger partial charge on any atom is 0.304 e. The molecule has 0 aromatic heterocycles. The second-order valence-corrected chi connectivity index (χ2v) is 5.43. The maximum absolute atomic E-state index is 11.5. The molecule has 0 aliphatic carbocycles. The van der Waals surface area contributed by atoms with E-state index in [0.29, 0.717) is 19.0 Å². The van der Waals surface area contributed by atoms with E-state index in [4.69, 9.17) is 9.84 Å². The quantitative estimate of drug-likeness (QED) is 0.615. The summed E-state index contributed by atoms with van der Waals surface area (Å²) in [6.07, 6.45) is 2.05. The second-order valence-electron chi connectivity index (χ2n) is 3.46. The number of ether oxygens (including phenoxy) is 1. The molecule has 0 heterocycles. The highest BCUT2D eigenvalue weighted by atomic mass is 32.2. The highest BCUT2D eigenvalue weighted by molar-refractivity contribution is 7.85. The van der Waals surface area contributed by atoms with Crippen LogP contribution in [0.4, 0.5) is 0 Å². The lowest BCUT2D eigenvalue weighted by Crippen LogP contribution is -2.20. The molecule has 15 heavy (non-hydrogen) atoms. The number of carboxylic acid groups (broad SMARTS) is 1. The number of rotatable bonds is 9. The Hall–Kier alpha value is -0.420. The number of carbonyl (C=O) groups is 1. The molecule has 1 N–H and O–H groups in total. The number of aliphatic carboxylic acids is 1. The minimum atomic E-state index is -1.10. The minimum Gasteiger partial charge on any atom is -0.481 e. The van der Waals surface area contributed by atoms with Gasteiger partial charge in [0, 0.05) is 28.4 Å². The fourth-order valence-corrected chi connectivity index (χ4v) is 2.04. The summed E-state index contributed by atoms with van der Waals surface area (Å²) in [5.41, 5.74) is 0. The molecule has 0 spiro atoms. The van der Waals surface area contributed by atoms with Crippen LogP contribution >= 0.6 is 0 Å². The third-order valence-electron chi connectivity index (χ3n) is 1.98. The predicted molar refractivity (Wildman–Crippen MR) is 60.5 cm³/mol. The normalized spacial score (nSPS) is 14.8. The van der Waals surface area contributed by atoms with Crippen molar-refractivity contribution in [1.29, 1.82) is 0 Å². The number of hydrogen-bond donors (Lipinski definition) is 1. The average Bonchev–Trinajstić information content (AvgIpc) is 2.16. The van der Waals surface area contributed by atoms with Crippen LogP contribution in [-0.2, 0) is 20.3 Å². The number of unbranched alkanes of at least 4 members (excludes halogenated alkanes) is 1. The topological polar surface area (TPSA) is 63.6 Å². The molecule has 5 heteroatoms. The van der Waals surface area contributed by atoms with Crippen molar-refractivity contribution in [3.8, 4) is 0 Å². The van der Waals surface area contributed by atoms with Crippen LogP contribution in [0.5, 0.6) is 0 Å². The van der Waals surface area contributed by atoms with E-state index in [1.165, 1.54) is 0 Å². The first-order valence-corrected chi connectivity index (χ1v) is 6.62. The Labute approximate surface area is 93.5 Å². The molecule has 0 amide bonds. The molecule has 0 aromatic rings. The van der Waals surface area contributed by atoms with Crippen LogP contribution < -0.4 is 0 Å². The van der Waals surface area contributed by atoms with Crippen molar-refractivity contribution < 1.29 is 18.8 Å². The van der Waals surface area contributed by atoms with Gasteiger partial charge in [-0.05, 0) is 6.42 Å². The molecule has 0 fully saturated rings. The van der Waals surface area contributed by atoms with Gasteiger partial charge in [-0.2, -0.15) is 0 Å². The van der Waals surface area contributed by atoms with E-state index in [0.717, 1.165) is 12.8 Å². The first kappa shape index (κ1) is 14.6. The summed E-state index contributed by atoms with van der Waals surface area (Å²) in [4.78, 5) is 10.4. The van der Waals surface area contributed by atoms with Crippen LogP contribution in [0.2, 0.25) is 0 Å². The molecule has 0 aliphatic heterocycles. The number of carboxylic acids is 1. The van der Waals surface area contributed by atoms with Gasteiger partial charge in [-0.3, -0.25) is 9.00 Å². The largest absolute Gasteiger partial charge is 0.481 e. The third-order valence-corrected chi connectivity index (χ3v) is 3.62. The molecule has 0 saturated heterocycles. The van der Waals surface area contributed by atoms with Gasteiger partial charge in [0.1, 0.15) is 0 Å². The van der Waals surface area contributed by atoms with E-state index in [9.17, 15) is 9.00 Å². The SMILES string of the molecule is CCCCOCCS(=O)C(C)CC(=O)O. The van der Waals surface area contributed by atoms with Crippen LogP contribution in [0.15, 0.2) is 0 Å². The van der Waals surface area contributed by atoms with Crippen molar-refractivity contribution >= 4 is 16.8 Å². The Balaban J connectivity index is 3.51. The highest BCUT2D eigenvalue weighted by Crippen LogP contribution is 2.02. The van der Waals surface area contributed by atoms with Crippen molar-refractivity contribution in [1.82, 2.24) is 0 Å². The summed E-state index contributed by atoms with van der Waals surface area (Å²) in [6.45, 7) is 4.92. The highest BCUT2D eigenvalue weighted by Gasteiger charge is 2.14. The first-order chi connectivity index (χ1) is 7.07. The van der Waals surface area contributed by atoms with Crippen LogP contribution in [0.3, 0.4) is 0 Å². The zero-order valence-electron chi connectivity index (χ0n) is 9.40. The van der Waals surface area contributed by atoms with Crippen molar-refractivity contribution in [3.05, 3.63) is 0 Å². The molecule has 0 radical (unpaired) electrons. The molecular weight excluding hydrogens is 216 g/mol. The third kappa shape index (κ3) is 8.57. The predicted octanol–water partition coefficient (Wildman–Crippen LogP) is 1.41. The van der Waals surface area contributed by atoms with Crippen LogP contribution in [-0.4, -0.2) is 39.5 Å². The lowest BCUT2D eigenvalue weighted by Gasteiger charge is -2.08. The van der Waals surface area contributed by atoms with E-state index >= 15 is 0 Å². The molecule has 0 saturated carbocycles. The molecule has 0 aliphatic rings. The second kappa shape index (κ2) is 8.85. The van der Waals surface area contributed by atoms with E-state index in [1.54, 1.807) is 6.92 Å². The van der Waals surface area contributed by atoms with E-state index < -0.39 is 16.8 Å². The summed E-state index contributed by atoms with van der Waals surface area (Å²) >= 11 is 0. The van der Waals surface area contributed by atoms with Crippen molar-refractivity contribution in [2.24, 2.45) is 0 Å². The van der Waals surface area contributed by atoms with Crippen LogP contribution in [0, 0.1) is 0 Å². The van der Waals surface area contributed by atoms with Gasteiger partial charge in [0.05, 0.1) is 13.0 Å². The van der Waals surface area contributed by atoms with E-state index in [-0.39, 0.29) is 11.7 Å². The number of hydrogen-bond acceptors (Lipinski definition) is 3. The van der Waals surface area contributed by atoms with Gasteiger partial charge in [0.25, 0.3) is 0 Å². The molecule has 2 unspecified atom stereocenters. The molecule has 0 aromatic carbocycles. The Morgan fingerprint density at radius 2 is 2.13 bits per heavy atom. The summed E-state index contributed by atoms with van der Waals surface area (Å²) in [5, 5.41) is 8.21. The lowest BCUT2D eigenvalue weighted by atomic mass is 10.3. The van der Waals surface area contributed by atoms with Gasteiger partial charge in [-0.15, -0.1) is 0 Å². The Kier molecular flexibility index (Phi) is 8.61. The monoisotopic (exact) mass is 236 g/mol. The van der Waals surface area contributed by atoms with Gasteiger partial charge in [0.2, 0.25) is 0 Å². The lowest BCUT2D eigenvalue weighted by molar-refractivity contribution is -0.136. The molecular formula is C10H20O4S. The van der Waals surface area contributed by atoms with E-state index in [2.05, 4.69) is 6.92 Å². The zero-order chi connectivity index (χ0) is 11.7. The van der Waals surface area contributed by atoms with Gasteiger partial charge in [0.15, 0.2) is 0 Å². The van der Waals surface area contributed by atoms with Crippen molar-refractivity contribution in [2.45, 2.75) is 38.4 Å². The van der Waals surface area contributed by atoms with Crippen LogP contribution in [0.25, 0.3) is 0 Å². The fraction of sp³-hybridized carbons (Fsp3) is 0.900. The first-order valence-electron chi connectivity index (χ1n) is 5.24. The van der Waals surface area contributed by atoms with E-state index in [1.807, 2.05) is 0 Å². The van der Waals surface area contributed by atoms with Gasteiger partial charge in [-0.25, -0.2) is 0 Å². The van der Waals surface area contributed by atoms with Gasteiger partial charge < -0.3 is 9.84 Å². The summed E-state index contributed by atoms with van der Waals surface area (Å²) in [7, 11) is -1.10. The maximum atomic E-state index is 11.5. The minimum absolute atomic E-state index is 0.0401. The standard InChI is InChI=1S/C10H20O4S/c1-3-4-5-14-6-7-15(13)9(2)8-10(11)12/h9H,3-8H2,1-2H3,(H,11,12). The van der Waals surface area contributed by atoms with Gasteiger partial charge >= 0.3 is 5.97 Å². The molecule has 2 atom stereocenters. The molecule has 4 nitrogen and oxygen atoms in total. The Morgan fingerprint density at radius 3 is 2.67 bits per heavy atom. The Bertz CT molecular complexity index is 206. The van der Waals surface area contributed by atoms with Crippen molar-refractivity contribution in [3.63, 3.8) is 0 Å². The molecule has 0 rings (SSSR count). The Morgan fingerprint density at radius 1 is 1.47 bits per heavy atom. The molecule has 0 bridgehead atoms. The smallest absolute Gasteiger partial charge is 0.304 e. The summed E-state index contributed by atoms with van der Waals surface area (Å²) in [5.74, 6) is -0.471. The van der Waals surface area contributed by atoms with Gasteiger partial charge in [-0.1, -0.05) is 20.3 Å². The summed E-state index contributed by atoms with van der Waals surface area (Å²) in [6, 6.07) is 0. The zero-order valence-corrected chi connectivity index (χ0v) is 10.2. The fourth-order valence-electron chi connectivity index (χ4n) is 1.03.